The van der Waals surface area contributed by atoms with Crippen LogP contribution in [0.5, 0.6) is 0 Å². The lowest BCUT2D eigenvalue weighted by molar-refractivity contribution is -0.136. The molecule has 1 atom stereocenters. The van der Waals surface area contributed by atoms with Gasteiger partial charge in [-0.1, -0.05) is 38.1 Å². The van der Waals surface area contributed by atoms with Crippen LogP contribution in [0.1, 0.15) is 31.7 Å². The van der Waals surface area contributed by atoms with Crippen LogP contribution in [-0.2, 0) is 9.59 Å². The maximum atomic E-state index is 14.0. The zero-order chi connectivity index (χ0) is 21.3. The number of para-hydroxylation sites is 1. The lowest BCUT2D eigenvalue weighted by Crippen LogP contribution is -2.51. The number of amides is 2. The average molecular weight is 410 g/mol. The van der Waals surface area contributed by atoms with E-state index in [1.54, 1.807) is 17.0 Å². The summed E-state index contributed by atoms with van der Waals surface area (Å²) in [6.07, 6.45) is 0.248. The minimum atomic E-state index is -0.317. The van der Waals surface area contributed by atoms with Crippen LogP contribution in [0.2, 0.25) is 0 Å². The molecule has 2 saturated heterocycles. The highest BCUT2D eigenvalue weighted by Crippen LogP contribution is 2.28. The molecule has 6 heteroatoms. The first-order valence-electron chi connectivity index (χ1n) is 10.6. The summed E-state index contributed by atoms with van der Waals surface area (Å²) in [5, 5.41) is 0. The Morgan fingerprint density at radius 2 is 1.67 bits per heavy atom. The smallest absolute Gasteiger partial charge is 0.228 e. The third kappa shape index (κ3) is 4.04. The summed E-state index contributed by atoms with van der Waals surface area (Å²) in [4.78, 5) is 31.1. The maximum absolute atomic E-state index is 14.0. The Kier molecular flexibility index (Phi) is 5.75. The lowest BCUT2D eigenvalue weighted by Gasteiger charge is -2.37. The Morgan fingerprint density at radius 3 is 2.30 bits per heavy atom. The van der Waals surface area contributed by atoms with E-state index in [1.165, 1.54) is 11.6 Å². The minimum Gasteiger partial charge on any atom is -0.366 e. The molecule has 2 heterocycles. The molecule has 0 radical (unpaired) electrons. The summed E-state index contributed by atoms with van der Waals surface area (Å²) in [5.41, 5.74) is 2.66. The highest BCUT2D eigenvalue weighted by molar-refractivity contribution is 6.00. The monoisotopic (exact) mass is 409 g/mol. The number of rotatable bonds is 4. The Hall–Kier alpha value is -2.89. The number of carbonyl (C=O) groups excluding carboxylic acids is 2. The molecule has 2 aliphatic rings. The molecule has 0 spiro atoms. The number of hydrogen-bond acceptors (Lipinski definition) is 3. The van der Waals surface area contributed by atoms with Crippen molar-refractivity contribution in [3.8, 4) is 0 Å². The number of anilines is 2. The molecular weight excluding hydrogens is 381 g/mol. The van der Waals surface area contributed by atoms with Crippen LogP contribution in [0.4, 0.5) is 15.8 Å². The molecule has 2 aromatic carbocycles. The summed E-state index contributed by atoms with van der Waals surface area (Å²) >= 11 is 0. The summed E-state index contributed by atoms with van der Waals surface area (Å²) in [7, 11) is 0. The van der Waals surface area contributed by atoms with Gasteiger partial charge in [0, 0.05) is 44.8 Å². The second-order valence-corrected chi connectivity index (χ2v) is 8.42. The van der Waals surface area contributed by atoms with E-state index >= 15 is 0 Å². The van der Waals surface area contributed by atoms with Crippen molar-refractivity contribution < 1.29 is 14.0 Å². The predicted molar refractivity (Wildman–Crippen MR) is 116 cm³/mol. The zero-order valence-corrected chi connectivity index (χ0v) is 17.6. The number of nitrogens with zero attached hydrogens (tertiary/aromatic N) is 3. The van der Waals surface area contributed by atoms with Crippen molar-refractivity contribution in [2.24, 2.45) is 5.92 Å². The van der Waals surface area contributed by atoms with Gasteiger partial charge in [-0.15, -0.1) is 0 Å². The largest absolute Gasteiger partial charge is 0.366 e. The van der Waals surface area contributed by atoms with Crippen LogP contribution < -0.4 is 9.80 Å². The van der Waals surface area contributed by atoms with Crippen molar-refractivity contribution in [2.45, 2.75) is 26.2 Å². The first-order valence-corrected chi connectivity index (χ1v) is 10.6. The van der Waals surface area contributed by atoms with Gasteiger partial charge in [-0.25, -0.2) is 4.39 Å². The standard InChI is InChI=1S/C24H28FN3O2/c1-17(2)18-7-9-20(10-8-18)28-16-19(15-23(28)29)24(30)27-13-11-26(12-14-27)22-6-4-3-5-21(22)25/h3-10,17,19H,11-16H2,1-2H3/t19-/m1/s1. The highest BCUT2D eigenvalue weighted by Gasteiger charge is 2.38. The second-order valence-electron chi connectivity index (χ2n) is 8.42. The number of benzene rings is 2. The first-order chi connectivity index (χ1) is 14.4. The van der Waals surface area contributed by atoms with Crippen molar-refractivity contribution in [1.29, 1.82) is 0 Å². The SMILES string of the molecule is CC(C)c1ccc(N2C[C@H](C(=O)N3CCN(c4ccccc4F)CC3)CC2=O)cc1. The van der Waals surface area contributed by atoms with E-state index in [0.29, 0.717) is 44.3 Å². The number of piperazine rings is 1. The van der Waals surface area contributed by atoms with Crippen molar-refractivity contribution >= 4 is 23.2 Å². The van der Waals surface area contributed by atoms with E-state index in [-0.39, 0.29) is 30.0 Å². The molecule has 2 aliphatic heterocycles. The van der Waals surface area contributed by atoms with E-state index in [4.69, 9.17) is 0 Å². The number of carbonyl (C=O) groups is 2. The van der Waals surface area contributed by atoms with Gasteiger partial charge in [-0.3, -0.25) is 9.59 Å². The van der Waals surface area contributed by atoms with Gasteiger partial charge in [0.25, 0.3) is 0 Å². The van der Waals surface area contributed by atoms with Gasteiger partial charge in [0.05, 0.1) is 11.6 Å². The predicted octanol–water partition coefficient (Wildman–Crippen LogP) is 3.65. The number of hydrogen-bond donors (Lipinski definition) is 0. The molecule has 0 unspecified atom stereocenters. The third-order valence-electron chi connectivity index (χ3n) is 6.13. The molecule has 5 nitrogen and oxygen atoms in total. The third-order valence-corrected chi connectivity index (χ3v) is 6.13. The quantitative estimate of drug-likeness (QED) is 0.774. The van der Waals surface area contributed by atoms with Crippen LogP contribution in [0, 0.1) is 11.7 Å². The van der Waals surface area contributed by atoms with E-state index in [0.717, 1.165) is 5.69 Å². The summed E-state index contributed by atoms with van der Waals surface area (Å²) in [5.74, 6) is -0.0979. The second kappa shape index (κ2) is 8.46. The molecule has 0 aliphatic carbocycles. The first kappa shape index (κ1) is 20.4. The van der Waals surface area contributed by atoms with Crippen LogP contribution in [-0.4, -0.2) is 49.4 Å². The number of halogens is 1. The summed E-state index contributed by atoms with van der Waals surface area (Å²) in [6, 6.07) is 14.7. The molecule has 158 valence electrons. The highest BCUT2D eigenvalue weighted by atomic mass is 19.1. The van der Waals surface area contributed by atoms with Crippen molar-refractivity contribution in [2.75, 3.05) is 42.5 Å². The van der Waals surface area contributed by atoms with Gasteiger partial charge >= 0.3 is 0 Å². The van der Waals surface area contributed by atoms with Gasteiger partial charge in [0.2, 0.25) is 11.8 Å². The molecule has 30 heavy (non-hydrogen) atoms. The van der Waals surface area contributed by atoms with E-state index in [2.05, 4.69) is 13.8 Å². The Morgan fingerprint density at radius 1 is 1.00 bits per heavy atom. The Balaban J connectivity index is 1.37. The fourth-order valence-corrected chi connectivity index (χ4v) is 4.30. The molecule has 2 amide bonds. The molecule has 0 saturated carbocycles. The maximum Gasteiger partial charge on any atom is 0.228 e. The topological polar surface area (TPSA) is 43.9 Å². The molecule has 2 fully saturated rings. The van der Waals surface area contributed by atoms with Crippen LogP contribution >= 0.6 is 0 Å². The van der Waals surface area contributed by atoms with Gasteiger partial charge in [0.1, 0.15) is 5.82 Å². The van der Waals surface area contributed by atoms with Crippen molar-refractivity contribution in [1.82, 2.24) is 4.90 Å². The van der Waals surface area contributed by atoms with Gasteiger partial charge in [-0.2, -0.15) is 0 Å². The molecule has 0 bridgehead atoms. The molecular formula is C24H28FN3O2. The molecule has 4 rings (SSSR count). The van der Waals surface area contributed by atoms with Crippen LogP contribution in [0.3, 0.4) is 0 Å². The Bertz CT molecular complexity index is 920. The van der Waals surface area contributed by atoms with Gasteiger partial charge in [0.15, 0.2) is 0 Å². The normalized spacial score (nSPS) is 19.7. The molecule has 0 aromatic heterocycles. The van der Waals surface area contributed by atoms with Gasteiger partial charge in [-0.05, 0) is 35.7 Å². The average Bonchev–Trinajstić information content (AvgIpc) is 3.15. The van der Waals surface area contributed by atoms with Crippen molar-refractivity contribution in [3.63, 3.8) is 0 Å². The van der Waals surface area contributed by atoms with Crippen LogP contribution in [0.25, 0.3) is 0 Å². The molecule has 2 aromatic rings. The molecule has 0 N–H and O–H groups in total. The zero-order valence-electron chi connectivity index (χ0n) is 17.6. The summed E-state index contributed by atoms with van der Waals surface area (Å²) < 4.78 is 14.0. The summed E-state index contributed by atoms with van der Waals surface area (Å²) in [6.45, 7) is 6.96. The Labute approximate surface area is 177 Å². The van der Waals surface area contributed by atoms with Crippen molar-refractivity contribution in [3.05, 3.63) is 59.9 Å². The fraction of sp³-hybridized carbons (Fsp3) is 0.417. The van der Waals surface area contributed by atoms with Crippen LogP contribution in [0.15, 0.2) is 48.5 Å². The van der Waals surface area contributed by atoms with E-state index in [1.807, 2.05) is 40.1 Å². The van der Waals surface area contributed by atoms with Gasteiger partial charge < -0.3 is 14.7 Å². The lowest BCUT2D eigenvalue weighted by atomic mass is 10.0. The minimum absolute atomic E-state index is 0.00404. The fourth-order valence-electron chi connectivity index (χ4n) is 4.30. The van der Waals surface area contributed by atoms with E-state index in [9.17, 15) is 14.0 Å². The van der Waals surface area contributed by atoms with E-state index < -0.39 is 0 Å².